The fraction of sp³-hybridized carbons (Fsp3) is 0.467. The standard InChI is InChI=1S/C15H18FNO4S/c16-11-1-3-12(4-2-11)22-8-5-13(18)17-15(9-14(19)20)6-7-21-10-15/h1-4H,5-10H2,(H,17,18)(H,19,20). The molecule has 1 aliphatic heterocycles. The molecular formula is C15H18FNO4S. The second-order valence-electron chi connectivity index (χ2n) is 5.25. The molecule has 1 fully saturated rings. The van der Waals surface area contributed by atoms with Gasteiger partial charge in [0.25, 0.3) is 0 Å². The second-order valence-corrected chi connectivity index (χ2v) is 6.42. The highest BCUT2D eigenvalue weighted by Crippen LogP contribution is 2.23. The number of carboxylic acid groups (broad SMARTS) is 1. The summed E-state index contributed by atoms with van der Waals surface area (Å²) in [6, 6.07) is 6.07. The van der Waals surface area contributed by atoms with Crippen LogP contribution in [0.3, 0.4) is 0 Å². The minimum Gasteiger partial charge on any atom is -0.481 e. The van der Waals surface area contributed by atoms with Crippen molar-refractivity contribution >= 4 is 23.6 Å². The number of benzene rings is 1. The summed E-state index contributed by atoms with van der Waals surface area (Å²) in [6.45, 7) is 0.689. The van der Waals surface area contributed by atoms with E-state index in [-0.39, 0.29) is 31.2 Å². The Kier molecular flexibility index (Phi) is 5.79. The molecule has 120 valence electrons. The van der Waals surface area contributed by atoms with Gasteiger partial charge in [0.1, 0.15) is 5.82 Å². The summed E-state index contributed by atoms with van der Waals surface area (Å²) in [5.41, 5.74) is -0.788. The fourth-order valence-electron chi connectivity index (χ4n) is 2.33. The van der Waals surface area contributed by atoms with Crippen LogP contribution >= 0.6 is 11.8 Å². The molecule has 7 heteroatoms. The third-order valence-corrected chi connectivity index (χ3v) is 4.42. The molecule has 2 rings (SSSR count). The third-order valence-electron chi connectivity index (χ3n) is 3.41. The molecule has 1 unspecified atom stereocenters. The first kappa shape index (κ1) is 16.8. The lowest BCUT2D eigenvalue weighted by atomic mass is 9.94. The first-order valence-electron chi connectivity index (χ1n) is 6.98. The van der Waals surface area contributed by atoms with Crippen molar-refractivity contribution in [2.24, 2.45) is 0 Å². The topological polar surface area (TPSA) is 75.6 Å². The maximum atomic E-state index is 12.8. The normalized spacial score (nSPS) is 20.8. The van der Waals surface area contributed by atoms with E-state index in [0.29, 0.717) is 18.8 Å². The number of amides is 1. The largest absolute Gasteiger partial charge is 0.481 e. The molecule has 1 aromatic carbocycles. The Balaban J connectivity index is 1.79. The van der Waals surface area contributed by atoms with E-state index < -0.39 is 11.5 Å². The van der Waals surface area contributed by atoms with Gasteiger partial charge in [-0.15, -0.1) is 11.8 Å². The van der Waals surface area contributed by atoms with E-state index >= 15 is 0 Å². The van der Waals surface area contributed by atoms with E-state index in [2.05, 4.69) is 5.32 Å². The molecule has 1 amide bonds. The summed E-state index contributed by atoms with van der Waals surface area (Å²) in [6.07, 6.45) is 0.642. The van der Waals surface area contributed by atoms with Gasteiger partial charge in [-0.25, -0.2) is 4.39 Å². The predicted molar refractivity (Wildman–Crippen MR) is 80.3 cm³/mol. The summed E-state index contributed by atoms with van der Waals surface area (Å²) in [5.74, 6) is -0.895. The van der Waals surface area contributed by atoms with Gasteiger partial charge in [-0.05, 0) is 30.7 Å². The molecule has 22 heavy (non-hydrogen) atoms. The minimum atomic E-state index is -0.952. The number of carbonyl (C=O) groups is 2. The number of carbonyl (C=O) groups excluding carboxylic acids is 1. The number of thioether (sulfide) groups is 1. The molecule has 0 aromatic heterocycles. The van der Waals surface area contributed by atoms with Crippen LogP contribution in [0.5, 0.6) is 0 Å². The quantitative estimate of drug-likeness (QED) is 0.750. The minimum absolute atomic E-state index is 0.135. The molecule has 0 spiro atoms. The summed E-state index contributed by atoms with van der Waals surface area (Å²) in [7, 11) is 0. The number of ether oxygens (including phenoxy) is 1. The van der Waals surface area contributed by atoms with E-state index in [1.54, 1.807) is 12.1 Å². The van der Waals surface area contributed by atoms with Gasteiger partial charge in [0, 0.05) is 23.7 Å². The van der Waals surface area contributed by atoms with Crippen LogP contribution in [0.2, 0.25) is 0 Å². The SMILES string of the molecule is O=C(O)CC1(NC(=O)CCSc2ccc(F)cc2)CCOC1. The highest BCUT2D eigenvalue weighted by atomic mass is 32.2. The average Bonchev–Trinajstić information content (AvgIpc) is 2.88. The third kappa shape index (κ3) is 4.99. The number of carboxylic acids is 1. The van der Waals surface area contributed by atoms with Gasteiger partial charge in [-0.2, -0.15) is 0 Å². The second kappa shape index (κ2) is 7.60. The summed E-state index contributed by atoms with van der Waals surface area (Å²) >= 11 is 1.45. The van der Waals surface area contributed by atoms with Crippen molar-refractivity contribution in [3.63, 3.8) is 0 Å². The first-order valence-corrected chi connectivity index (χ1v) is 7.97. The molecule has 5 nitrogen and oxygen atoms in total. The van der Waals surface area contributed by atoms with Crippen molar-refractivity contribution in [3.8, 4) is 0 Å². The van der Waals surface area contributed by atoms with Gasteiger partial charge in [0.05, 0.1) is 18.6 Å². The lowest BCUT2D eigenvalue weighted by molar-refractivity contribution is -0.139. The predicted octanol–water partition coefficient (Wildman–Crippen LogP) is 2.06. The zero-order valence-corrected chi connectivity index (χ0v) is 12.8. The number of rotatable bonds is 7. The molecule has 1 aliphatic rings. The van der Waals surface area contributed by atoms with Crippen LogP contribution in [-0.4, -0.2) is 41.5 Å². The van der Waals surface area contributed by atoms with E-state index in [0.717, 1.165) is 4.90 Å². The lowest BCUT2D eigenvalue weighted by Gasteiger charge is -2.27. The Bertz CT molecular complexity index is 529. The Morgan fingerprint density at radius 2 is 2.09 bits per heavy atom. The van der Waals surface area contributed by atoms with E-state index in [9.17, 15) is 14.0 Å². The van der Waals surface area contributed by atoms with Crippen molar-refractivity contribution < 1.29 is 23.8 Å². The smallest absolute Gasteiger partial charge is 0.305 e. The monoisotopic (exact) mass is 327 g/mol. The van der Waals surface area contributed by atoms with Crippen LogP contribution in [0, 0.1) is 5.82 Å². The molecule has 1 saturated heterocycles. The van der Waals surface area contributed by atoms with Gasteiger partial charge < -0.3 is 15.2 Å². The number of hydrogen-bond donors (Lipinski definition) is 2. The van der Waals surface area contributed by atoms with Gasteiger partial charge in [-0.1, -0.05) is 0 Å². The zero-order chi connectivity index (χ0) is 16.0. The highest BCUT2D eigenvalue weighted by Gasteiger charge is 2.38. The van der Waals surface area contributed by atoms with Crippen molar-refractivity contribution in [1.29, 1.82) is 0 Å². The molecule has 0 radical (unpaired) electrons. The van der Waals surface area contributed by atoms with Crippen LogP contribution in [0.1, 0.15) is 19.3 Å². The summed E-state index contributed by atoms with van der Waals surface area (Å²) in [5, 5.41) is 11.8. The molecule has 1 aromatic rings. The maximum absolute atomic E-state index is 12.8. The molecule has 0 aliphatic carbocycles. The lowest BCUT2D eigenvalue weighted by Crippen LogP contribution is -2.50. The van der Waals surface area contributed by atoms with Crippen molar-refractivity contribution in [2.45, 2.75) is 29.7 Å². The molecule has 0 bridgehead atoms. The Labute approximate surface area is 132 Å². The fourth-order valence-corrected chi connectivity index (χ4v) is 3.18. The van der Waals surface area contributed by atoms with E-state index in [1.165, 1.54) is 23.9 Å². The Hall–Kier alpha value is -1.60. The van der Waals surface area contributed by atoms with Crippen LogP contribution in [0.4, 0.5) is 4.39 Å². The van der Waals surface area contributed by atoms with Crippen LogP contribution < -0.4 is 5.32 Å². The maximum Gasteiger partial charge on any atom is 0.305 e. The highest BCUT2D eigenvalue weighted by molar-refractivity contribution is 7.99. The molecule has 0 saturated carbocycles. The Morgan fingerprint density at radius 3 is 2.68 bits per heavy atom. The Morgan fingerprint density at radius 1 is 1.36 bits per heavy atom. The zero-order valence-electron chi connectivity index (χ0n) is 12.0. The summed E-state index contributed by atoms with van der Waals surface area (Å²) in [4.78, 5) is 23.8. The van der Waals surface area contributed by atoms with Gasteiger partial charge in [0.15, 0.2) is 0 Å². The number of halogens is 1. The number of hydrogen-bond acceptors (Lipinski definition) is 4. The summed E-state index contributed by atoms with van der Waals surface area (Å²) < 4.78 is 18.0. The van der Waals surface area contributed by atoms with Gasteiger partial charge in [-0.3, -0.25) is 9.59 Å². The van der Waals surface area contributed by atoms with Crippen molar-refractivity contribution in [3.05, 3.63) is 30.1 Å². The van der Waals surface area contributed by atoms with Gasteiger partial charge >= 0.3 is 5.97 Å². The van der Waals surface area contributed by atoms with Crippen molar-refractivity contribution in [1.82, 2.24) is 5.32 Å². The van der Waals surface area contributed by atoms with Crippen LogP contribution in [-0.2, 0) is 14.3 Å². The van der Waals surface area contributed by atoms with Crippen molar-refractivity contribution in [2.75, 3.05) is 19.0 Å². The average molecular weight is 327 g/mol. The van der Waals surface area contributed by atoms with Gasteiger partial charge in [0.2, 0.25) is 5.91 Å². The van der Waals surface area contributed by atoms with Crippen LogP contribution in [0.25, 0.3) is 0 Å². The number of aliphatic carboxylic acids is 1. The molecule has 2 N–H and O–H groups in total. The van der Waals surface area contributed by atoms with E-state index in [1.807, 2.05) is 0 Å². The molecular weight excluding hydrogens is 309 g/mol. The molecule has 1 heterocycles. The first-order chi connectivity index (χ1) is 10.5. The molecule has 1 atom stereocenters. The van der Waals surface area contributed by atoms with Crippen LogP contribution in [0.15, 0.2) is 29.2 Å². The number of nitrogens with one attached hydrogen (secondary N) is 1. The van der Waals surface area contributed by atoms with E-state index in [4.69, 9.17) is 9.84 Å².